The molecule has 2 rings (SSSR count). The molecule has 0 heterocycles. The van der Waals surface area contributed by atoms with Gasteiger partial charge in [-0.1, -0.05) is 23.7 Å². The molecule has 0 unspecified atom stereocenters. The first-order valence-corrected chi connectivity index (χ1v) is 6.18. The van der Waals surface area contributed by atoms with Gasteiger partial charge in [0.2, 0.25) is 5.91 Å². The molecule has 1 aromatic carbocycles. The van der Waals surface area contributed by atoms with E-state index in [1.54, 1.807) is 11.0 Å². The smallest absolute Gasteiger partial charge is 0.225 e. The number of carbonyl (C=O) groups is 1. The Balaban J connectivity index is 1.75. The first kappa shape index (κ1) is 12.2. The average molecular weight is 254 g/mol. The summed E-state index contributed by atoms with van der Waals surface area (Å²) < 4.78 is 5.53. The molecule has 0 saturated heterocycles. The van der Waals surface area contributed by atoms with Gasteiger partial charge in [0.25, 0.3) is 0 Å². The number of carbonyl (C=O) groups excluding carboxylic acids is 1. The standard InChI is InChI=1S/C13H16ClNO2/c1-15(13(16)10-6-7-10)8-9-17-12-5-3-2-4-11(12)14/h2-5,10H,6-9H2,1H3. The normalized spacial score (nSPS) is 14.5. The van der Waals surface area contributed by atoms with Crippen LogP contribution in [0.5, 0.6) is 5.75 Å². The van der Waals surface area contributed by atoms with Crippen LogP contribution in [0.4, 0.5) is 0 Å². The molecule has 1 saturated carbocycles. The number of para-hydroxylation sites is 1. The van der Waals surface area contributed by atoms with E-state index in [0.717, 1.165) is 12.8 Å². The Morgan fingerprint density at radius 2 is 2.18 bits per heavy atom. The number of hydrogen-bond acceptors (Lipinski definition) is 2. The quantitative estimate of drug-likeness (QED) is 0.807. The summed E-state index contributed by atoms with van der Waals surface area (Å²) in [6.07, 6.45) is 2.07. The van der Waals surface area contributed by atoms with Crippen LogP contribution in [0.15, 0.2) is 24.3 Å². The largest absolute Gasteiger partial charge is 0.490 e. The van der Waals surface area contributed by atoms with Crippen LogP contribution in [0, 0.1) is 5.92 Å². The van der Waals surface area contributed by atoms with E-state index in [1.165, 1.54) is 0 Å². The fourth-order valence-electron chi connectivity index (χ4n) is 1.61. The van der Waals surface area contributed by atoms with Crippen LogP contribution in [0.25, 0.3) is 0 Å². The third kappa shape index (κ3) is 3.37. The molecule has 3 nitrogen and oxygen atoms in total. The second-order valence-electron chi connectivity index (χ2n) is 4.31. The van der Waals surface area contributed by atoms with Crippen molar-refractivity contribution in [3.05, 3.63) is 29.3 Å². The third-order valence-electron chi connectivity index (χ3n) is 2.82. The fraction of sp³-hybridized carbons (Fsp3) is 0.462. The summed E-state index contributed by atoms with van der Waals surface area (Å²) >= 11 is 5.96. The molecule has 1 fully saturated rings. The van der Waals surface area contributed by atoms with E-state index in [4.69, 9.17) is 16.3 Å². The summed E-state index contributed by atoms with van der Waals surface area (Å²) in [5.74, 6) is 1.16. The van der Waals surface area contributed by atoms with Crippen LogP contribution in [-0.2, 0) is 4.79 Å². The number of ether oxygens (including phenoxy) is 1. The van der Waals surface area contributed by atoms with E-state index in [0.29, 0.717) is 23.9 Å². The van der Waals surface area contributed by atoms with Crippen LogP contribution in [0.3, 0.4) is 0 Å². The van der Waals surface area contributed by atoms with Crippen molar-refractivity contribution in [1.29, 1.82) is 0 Å². The lowest BCUT2D eigenvalue weighted by molar-refractivity contribution is -0.131. The minimum absolute atomic E-state index is 0.229. The highest BCUT2D eigenvalue weighted by atomic mass is 35.5. The van der Waals surface area contributed by atoms with Crippen molar-refractivity contribution in [3.63, 3.8) is 0 Å². The summed E-state index contributed by atoms with van der Waals surface area (Å²) in [6.45, 7) is 1.07. The van der Waals surface area contributed by atoms with E-state index < -0.39 is 0 Å². The maximum Gasteiger partial charge on any atom is 0.225 e. The Morgan fingerprint density at radius 1 is 1.47 bits per heavy atom. The number of likely N-dealkylation sites (N-methyl/N-ethyl adjacent to an activating group) is 1. The first-order valence-electron chi connectivity index (χ1n) is 5.81. The zero-order valence-corrected chi connectivity index (χ0v) is 10.6. The molecule has 4 heteroatoms. The van der Waals surface area contributed by atoms with Crippen LogP contribution in [-0.4, -0.2) is 31.0 Å². The highest BCUT2D eigenvalue weighted by molar-refractivity contribution is 6.32. The van der Waals surface area contributed by atoms with Crippen LogP contribution in [0.1, 0.15) is 12.8 Å². The Bertz CT molecular complexity index is 404. The first-order chi connectivity index (χ1) is 8.18. The molecule has 1 amide bonds. The summed E-state index contributed by atoms with van der Waals surface area (Å²) in [5, 5.41) is 0.601. The molecule has 0 radical (unpaired) electrons. The summed E-state index contributed by atoms with van der Waals surface area (Å²) in [7, 11) is 1.82. The monoisotopic (exact) mass is 253 g/mol. The van der Waals surface area contributed by atoms with Gasteiger partial charge < -0.3 is 9.64 Å². The van der Waals surface area contributed by atoms with Crippen molar-refractivity contribution in [2.45, 2.75) is 12.8 Å². The molecular weight excluding hydrogens is 238 g/mol. The Kier molecular flexibility index (Phi) is 3.89. The van der Waals surface area contributed by atoms with Crippen molar-refractivity contribution >= 4 is 17.5 Å². The molecule has 0 N–H and O–H groups in total. The summed E-state index contributed by atoms with van der Waals surface area (Å²) in [5.41, 5.74) is 0. The predicted octanol–water partition coefficient (Wildman–Crippen LogP) is 2.59. The van der Waals surface area contributed by atoms with Crippen molar-refractivity contribution in [2.24, 2.45) is 5.92 Å². The van der Waals surface area contributed by atoms with E-state index in [2.05, 4.69) is 0 Å². The Morgan fingerprint density at radius 3 is 2.82 bits per heavy atom. The summed E-state index contributed by atoms with van der Waals surface area (Å²) in [4.78, 5) is 13.4. The highest BCUT2D eigenvalue weighted by Crippen LogP contribution is 2.30. The SMILES string of the molecule is CN(CCOc1ccccc1Cl)C(=O)C1CC1. The lowest BCUT2D eigenvalue weighted by Gasteiger charge is -2.17. The second kappa shape index (κ2) is 5.41. The number of rotatable bonds is 5. The van der Waals surface area contributed by atoms with Gasteiger partial charge >= 0.3 is 0 Å². The van der Waals surface area contributed by atoms with Gasteiger partial charge in [-0.3, -0.25) is 4.79 Å². The predicted molar refractivity (Wildman–Crippen MR) is 67.3 cm³/mol. The Hall–Kier alpha value is -1.22. The molecule has 0 aromatic heterocycles. The van der Waals surface area contributed by atoms with Gasteiger partial charge in [-0.2, -0.15) is 0 Å². The molecule has 0 bridgehead atoms. The van der Waals surface area contributed by atoms with Crippen molar-refractivity contribution in [3.8, 4) is 5.75 Å². The molecule has 0 spiro atoms. The molecule has 17 heavy (non-hydrogen) atoms. The minimum atomic E-state index is 0.229. The zero-order valence-electron chi connectivity index (χ0n) is 9.86. The number of halogens is 1. The maximum absolute atomic E-state index is 11.7. The fourth-order valence-corrected chi connectivity index (χ4v) is 1.80. The average Bonchev–Trinajstić information content (AvgIpc) is 3.14. The van der Waals surface area contributed by atoms with Crippen molar-refractivity contribution < 1.29 is 9.53 Å². The van der Waals surface area contributed by atoms with Gasteiger partial charge in [0.05, 0.1) is 11.6 Å². The van der Waals surface area contributed by atoms with E-state index in [9.17, 15) is 4.79 Å². The molecule has 0 atom stereocenters. The maximum atomic E-state index is 11.7. The molecule has 0 aliphatic heterocycles. The van der Waals surface area contributed by atoms with Crippen LogP contribution < -0.4 is 4.74 Å². The number of nitrogens with zero attached hydrogens (tertiary/aromatic N) is 1. The van der Waals surface area contributed by atoms with Gasteiger partial charge in [0, 0.05) is 13.0 Å². The molecular formula is C13H16ClNO2. The van der Waals surface area contributed by atoms with Gasteiger partial charge in [-0.15, -0.1) is 0 Å². The lowest BCUT2D eigenvalue weighted by Crippen LogP contribution is -2.31. The summed E-state index contributed by atoms with van der Waals surface area (Å²) in [6, 6.07) is 7.35. The van der Waals surface area contributed by atoms with Crippen LogP contribution in [0.2, 0.25) is 5.02 Å². The van der Waals surface area contributed by atoms with Crippen molar-refractivity contribution in [2.75, 3.05) is 20.2 Å². The van der Waals surface area contributed by atoms with E-state index in [-0.39, 0.29) is 11.8 Å². The van der Waals surface area contributed by atoms with Gasteiger partial charge in [-0.05, 0) is 25.0 Å². The molecule has 1 aliphatic rings. The van der Waals surface area contributed by atoms with Gasteiger partial charge in [0.1, 0.15) is 12.4 Å². The zero-order chi connectivity index (χ0) is 12.3. The second-order valence-corrected chi connectivity index (χ2v) is 4.72. The highest BCUT2D eigenvalue weighted by Gasteiger charge is 2.31. The lowest BCUT2D eigenvalue weighted by atomic mass is 10.3. The Labute approximate surface area is 106 Å². The van der Waals surface area contributed by atoms with Crippen molar-refractivity contribution in [1.82, 2.24) is 4.90 Å². The van der Waals surface area contributed by atoms with Crippen LogP contribution >= 0.6 is 11.6 Å². The number of hydrogen-bond donors (Lipinski definition) is 0. The van der Waals surface area contributed by atoms with E-state index in [1.807, 2.05) is 25.2 Å². The molecule has 92 valence electrons. The molecule has 1 aliphatic carbocycles. The topological polar surface area (TPSA) is 29.5 Å². The minimum Gasteiger partial charge on any atom is -0.490 e. The van der Waals surface area contributed by atoms with Gasteiger partial charge in [-0.25, -0.2) is 0 Å². The van der Waals surface area contributed by atoms with Gasteiger partial charge in [0.15, 0.2) is 0 Å². The van der Waals surface area contributed by atoms with E-state index >= 15 is 0 Å². The number of benzene rings is 1. The third-order valence-corrected chi connectivity index (χ3v) is 3.14. The number of amides is 1. The molecule has 1 aromatic rings.